The largest absolute Gasteiger partial charge is 0.363 e. The van der Waals surface area contributed by atoms with Crippen LogP contribution in [0.3, 0.4) is 0 Å². The van der Waals surface area contributed by atoms with E-state index in [0.29, 0.717) is 5.92 Å². The third-order valence-corrected chi connectivity index (χ3v) is 6.20. The Labute approximate surface area is 168 Å². The zero-order valence-corrected chi connectivity index (χ0v) is 16.2. The van der Waals surface area contributed by atoms with E-state index in [1.54, 1.807) is 18.3 Å². The van der Waals surface area contributed by atoms with Crippen molar-refractivity contribution in [3.05, 3.63) is 65.4 Å². The summed E-state index contributed by atoms with van der Waals surface area (Å²) in [6.45, 7) is 3.10. The first-order valence-corrected chi connectivity index (χ1v) is 10.2. The van der Waals surface area contributed by atoms with Crippen LogP contribution in [0.2, 0.25) is 0 Å². The predicted molar refractivity (Wildman–Crippen MR) is 113 cm³/mol. The van der Waals surface area contributed by atoms with Crippen molar-refractivity contribution in [3.8, 4) is 0 Å². The van der Waals surface area contributed by atoms with Gasteiger partial charge < -0.3 is 15.2 Å². The summed E-state index contributed by atoms with van der Waals surface area (Å²) in [5.74, 6) is 0.0422. The van der Waals surface area contributed by atoms with Gasteiger partial charge in [-0.2, -0.15) is 0 Å². The molecule has 4 nitrogen and oxygen atoms in total. The average Bonchev–Trinajstić information content (AvgIpc) is 3.14. The molecule has 3 aromatic rings. The number of hydrogen-bond donors (Lipinski definition) is 2. The number of halogens is 2. The zero-order valence-electron chi connectivity index (χ0n) is 16.2. The third-order valence-electron chi connectivity index (χ3n) is 6.20. The molecule has 0 bridgehead atoms. The van der Waals surface area contributed by atoms with Gasteiger partial charge in [0.2, 0.25) is 0 Å². The Hall–Kier alpha value is -2.73. The van der Waals surface area contributed by atoms with Crippen LogP contribution in [-0.2, 0) is 6.42 Å². The van der Waals surface area contributed by atoms with E-state index in [0.717, 1.165) is 61.1 Å². The Morgan fingerprint density at radius 1 is 1.03 bits per heavy atom. The SMILES string of the molecule is Fc1ccc2c(c1)C=NC(C1CCN(CCc3c[nH]c4cc(F)ccc34)CC1)N2. The minimum Gasteiger partial charge on any atom is -0.363 e. The topological polar surface area (TPSA) is 43.4 Å². The summed E-state index contributed by atoms with van der Waals surface area (Å²) in [5, 5.41) is 4.58. The summed E-state index contributed by atoms with van der Waals surface area (Å²) in [5.41, 5.74) is 3.88. The standard InChI is InChI=1S/C23H24F2N4/c24-18-2-4-21-17(11-18)14-27-23(28-21)15-5-8-29(9-6-15)10-7-16-13-26-22-12-19(25)1-3-20(16)22/h1-4,11-15,23,26,28H,5-10H2. The van der Waals surface area contributed by atoms with E-state index in [-0.39, 0.29) is 17.8 Å². The smallest absolute Gasteiger partial charge is 0.125 e. The Kier molecular flexibility index (Phi) is 4.79. The maximum atomic E-state index is 13.4. The molecule has 5 rings (SSSR count). The monoisotopic (exact) mass is 394 g/mol. The van der Waals surface area contributed by atoms with Gasteiger partial charge in [-0.15, -0.1) is 0 Å². The van der Waals surface area contributed by atoms with Crippen molar-refractivity contribution in [2.75, 3.05) is 25.0 Å². The van der Waals surface area contributed by atoms with E-state index in [9.17, 15) is 8.78 Å². The van der Waals surface area contributed by atoms with Crippen molar-refractivity contribution in [1.82, 2.24) is 9.88 Å². The maximum Gasteiger partial charge on any atom is 0.125 e. The number of aromatic nitrogens is 1. The molecule has 1 fully saturated rings. The molecule has 1 aromatic heterocycles. The number of aromatic amines is 1. The first kappa shape index (κ1) is 18.3. The number of nitrogens with one attached hydrogen (secondary N) is 2. The third kappa shape index (κ3) is 3.77. The molecular formula is C23H24F2N4. The highest BCUT2D eigenvalue weighted by molar-refractivity contribution is 5.89. The van der Waals surface area contributed by atoms with Gasteiger partial charge in [0.1, 0.15) is 17.8 Å². The highest BCUT2D eigenvalue weighted by Crippen LogP contribution is 2.29. The molecule has 0 amide bonds. The summed E-state index contributed by atoms with van der Waals surface area (Å²) in [4.78, 5) is 10.3. The summed E-state index contributed by atoms with van der Waals surface area (Å²) in [6.07, 6.45) is 6.99. The molecule has 0 spiro atoms. The molecule has 6 heteroatoms. The van der Waals surface area contributed by atoms with Crippen molar-refractivity contribution in [2.24, 2.45) is 10.9 Å². The Bertz CT molecular complexity index is 1050. The second kappa shape index (κ2) is 7.59. The lowest BCUT2D eigenvalue weighted by atomic mass is 9.92. The normalized spacial score (nSPS) is 20.0. The molecule has 2 N–H and O–H groups in total. The first-order valence-electron chi connectivity index (χ1n) is 10.2. The molecule has 2 aliphatic heterocycles. The van der Waals surface area contributed by atoms with Crippen LogP contribution in [0.5, 0.6) is 0 Å². The lowest BCUT2D eigenvalue weighted by Gasteiger charge is -2.36. The van der Waals surface area contributed by atoms with E-state index in [1.807, 2.05) is 12.3 Å². The lowest BCUT2D eigenvalue weighted by Crippen LogP contribution is -2.41. The van der Waals surface area contributed by atoms with E-state index < -0.39 is 0 Å². The molecule has 0 aliphatic carbocycles. The molecule has 1 unspecified atom stereocenters. The van der Waals surface area contributed by atoms with Crippen molar-refractivity contribution in [1.29, 1.82) is 0 Å². The minimum absolute atomic E-state index is 0.0682. The number of nitrogens with zero attached hydrogens (tertiary/aromatic N) is 2. The van der Waals surface area contributed by atoms with Crippen LogP contribution in [0.1, 0.15) is 24.0 Å². The van der Waals surface area contributed by atoms with Gasteiger partial charge >= 0.3 is 0 Å². The van der Waals surface area contributed by atoms with Gasteiger partial charge in [-0.25, -0.2) is 8.78 Å². The van der Waals surface area contributed by atoms with Gasteiger partial charge in [0.05, 0.1) is 0 Å². The molecule has 0 radical (unpaired) electrons. The molecule has 0 saturated carbocycles. The molecular weight excluding hydrogens is 370 g/mol. The molecule has 2 aromatic carbocycles. The number of likely N-dealkylation sites (tertiary alicyclic amines) is 1. The summed E-state index contributed by atoms with van der Waals surface area (Å²) in [6, 6.07) is 9.74. The van der Waals surface area contributed by atoms with Gasteiger partial charge in [0, 0.05) is 47.0 Å². The van der Waals surface area contributed by atoms with E-state index in [1.165, 1.54) is 23.8 Å². The van der Waals surface area contributed by atoms with Gasteiger partial charge in [0.15, 0.2) is 0 Å². The van der Waals surface area contributed by atoms with E-state index >= 15 is 0 Å². The number of fused-ring (bicyclic) bond motifs is 2. The highest BCUT2D eigenvalue weighted by Gasteiger charge is 2.28. The Morgan fingerprint density at radius 3 is 2.69 bits per heavy atom. The number of rotatable bonds is 4. The average molecular weight is 394 g/mol. The van der Waals surface area contributed by atoms with Crippen LogP contribution in [0, 0.1) is 17.6 Å². The molecule has 150 valence electrons. The van der Waals surface area contributed by atoms with Crippen LogP contribution < -0.4 is 5.32 Å². The van der Waals surface area contributed by atoms with Gasteiger partial charge in [-0.1, -0.05) is 0 Å². The van der Waals surface area contributed by atoms with Crippen molar-refractivity contribution in [2.45, 2.75) is 25.4 Å². The number of benzene rings is 2. The van der Waals surface area contributed by atoms with Crippen LogP contribution in [-0.4, -0.2) is 41.9 Å². The number of aliphatic imine (C=N–C) groups is 1. The Morgan fingerprint density at radius 2 is 1.83 bits per heavy atom. The number of H-pyrrole nitrogens is 1. The minimum atomic E-state index is -0.232. The molecule has 2 aliphatic rings. The summed E-state index contributed by atoms with van der Waals surface area (Å²) >= 11 is 0. The molecule has 1 atom stereocenters. The number of hydrogen-bond acceptors (Lipinski definition) is 3. The van der Waals surface area contributed by atoms with Crippen LogP contribution >= 0.6 is 0 Å². The van der Waals surface area contributed by atoms with Gasteiger partial charge in [-0.3, -0.25) is 4.99 Å². The molecule has 1 saturated heterocycles. The van der Waals surface area contributed by atoms with Crippen LogP contribution in [0.15, 0.2) is 47.6 Å². The summed E-state index contributed by atoms with van der Waals surface area (Å²) in [7, 11) is 0. The fourth-order valence-corrected chi connectivity index (χ4v) is 4.50. The van der Waals surface area contributed by atoms with E-state index in [4.69, 9.17) is 0 Å². The quantitative estimate of drug-likeness (QED) is 0.681. The first-order chi connectivity index (χ1) is 14.2. The molecule has 3 heterocycles. The van der Waals surface area contributed by atoms with Crippen molar-refractivity contribution < 1.29 is 8.78 Å². The summed E-state index contributed by atoms with van der Waals surface area (Å²) < 4.78 is 26.7. The number of piperidine rings is 1. The fourth-order valence-electron chi connectivity index (χ4n) is 4.50. The predicted octanol–water partition coefficient (Wildman–Crippen LogP) is 4.57. The van der Waals surface area contributed by atoms with Crippen LogP contribution in [0.4, 0.5) is 14.5 Å². The maximum absolute atomic E-state index is 13.4. The molecule has 29 heavy (non-hydrogen) atoms. The highest BCUT2D eigenvalue weighted by atomic mass is 19.1. The van der Waals surface area contributed by atoms with E-state index in [2.05, 4.69) is 20.2 Å². The Balaban J connectivity index is 1.15. The zero-order chi connectivity index (χ0) is 19.8. The van der Waals surface area contributed by atoms with Crippen molar-refractivity contribution >= 4 is 22.8 Å². The van der Waals surface area contributed by atoms with Crippen LogP contribution in [0.25, 0.3) is 10.9 Å². The van der Waals surface area contributed by atoms with Gasteiger partial charge in [0.25, 0.3) is 0 Å². The number of anilines is 1. The fraction of sp³-hybridized carbons (Fsp3) is 0.348. The second-order valence-electron chi connectivity index (χ2n) is 8.03. The van der Waals surface area contributed by atoms with Gasteiger partial charge in [-0.05, 0) is 74.3 Å². The lowest BCUT2D eigenvalue weighted by molar-refractivity contribution is 0.176. The van der Waals surface area contributed by atoms with Crippen molar-refractivity contribution in [3.63, 3.8) is 0 Å². The second-order valence-corrected chi connectivity index (χ2v) is 8.03.